The fraction of sp³-hybridized carbons (Fsp3) is 0.556. The molecule has 130 valence electrons. The lowest BCUT2D eigenvalue weighted by Gasteiger charge is -2.21. The van der Waals surface area contributed by atoms with Gasteiger partial charge in [0, 0.05) is 25.9 Å². The average molecular weight is 332 g/mol. The normalized spacial score (nSPS) is 21.8. The highest BCUT2D eigenvalue weighted by molar-refractivity contribution is 6.35. The van der Waals surface area contributed by atoms with Crippen LogP contribution in [-0.4, -0.2) is 43.4 Å². The first-order valence-corrected chi connectivity index (χ1v) is 8.59. The van der Waals surface area contributed by atoms with Crippen molar-refractivity contribution in [3.63, 3.8) is 0 Å². The third-order valence-corrected chi connectivity index (χ3v) is 4.52. The van der Waals surface area contributed by atoms with Gasteiger partial charge >= 0.3 is 11.8 Å². The zero-order valence-electron chi connectivity index (χ0n) is 13.8. The predicted molar refractivity (Wildman–Crippen MR) is 88.2 cm³/mol. The van der Waals surface area contributed by atoms with Crippen molar-refractivity contribution < 1.29 is 19.1 Å². The van der Waals surface area contributed by atoms with Gasteiger partial charge in [-0.15, -0.1) is 0 Å². The van der Waals surface area contributed by atoms with Crippen LogP contribution >= 0.6 is 0 Å². The van der Waals surface area contributed by atoms with Crippen molar-refractivity contribution in [2.24, 2.45) is 0 Å². The van der Waals surface area contributed by atoms with E-state index in [1.54, 1.807) is 0 Å². The fourth-order valence-electron chi connectivity index (χ4n) is 3.23. The van der Waals surface area contributed by atoms with Crippen molar-refractivity contribution in [2.45, 2.75) is 44.0 Å². The van der Waals surface area contributed by atoms with Gasteiger partial charge in [0.1, 0.15) is 6.10 Å². The van der Waals surface area contributed by atoms with Crippen LogP contribution in [0.3, 0.4) is 0 Å². The van der Waals surface area contributed by atoms with Crippen molar-refractivity contribution >= 4 is 11.8 Å². The van der Waals surface area contributed by atoms with Crippen LogP contribution in [0, 0.1) is 0 Å². The SMILES string of the molecule is O=C(NCCc1ccccc1)C(=O)NCC1COC2(CCCC2)O1. The largest absolute Gasteiger partial charge is 0.348 e. The van der Waals surface area contributed by atoms with Crippen LogP contribution < -0.4 is 10.6 Å². The second kappa shape index (κ2) is 7.77. The molecule has 1 atom stereocenters. The number of nitrogens with one attached hydrogen (secondary N) is 2. The Morgan fingerprint density at radius 1 is 1.08 bits per heavy atom. The van der Waals surface area contributed by atoms with Crippen molar-refractivity contribution in [2.75, 3.05) is 19.7 Å². The van der Waals surface area contributed by atoms with E-state index >= 15 is 0 Å². The second-order valence-corrected chi connectivity index (χ2v) is 6.37. The quantitative estimate of drug-likeness (QED) is 0.793. The lowest BCUT2D eigenvalue weighted by molar-refractivity contribution is -0.161. The van der Waals surface area contributed by atoms with E-state index in [0.717, 1.165) is 31.2 Å². The number of amides is 2. The molecule has 2 amide bonds. The minimum atomic E-state index is -0.626. The van der Waals surface area contributed by atoms with Crippen LogP contribution in [0.25, 0.3) is 0 Å². The molecule has 1 aromatic rings. The molecule has 1 aromatic carbocycles. The molecule has 1 unspecified atom stereocenters. The number of carbonyl (C=O) groups excluding carboxylic acids is 2. The first kappa shape index (κ1) is 16.9. The zero-order chi connectivity index (χ0) is 16.8. The molecule has 24 heavy (non-hydrogen) atoms. The highest BCUT2D eigenvalue weighted by Gasteiger charge is 2.43. The average Bonchev–Trinajstić information content (AvgIpc) is 3.23. The van der Waals surface area contributed by atoms with E-state index in [9.17, 15) is 9.59 Å². The molecular weight excluding hydrogens is 308 g/mol. The van der Waals surface area contributed by atoms with E-state index in [1.165, 1.54) is 0 Å². The Morgan fingerprint density at radius 2 is 1.79 bits per heavy atom. The summed E-state index contributed by atoms with van der Waals surface area (Å²) in [5.41, 5.74) is 1.12. The number of hydrogen-bond donors (Lipinski definition) is 2. The Kier molecular flexibility index (Phi) is 5.48. The maximum absolute atomic E-state index is 11.8. The topological polar surface area (TPSA) is 76.7 Å². The Labute approximate surface area is 141 Å². The summed E-state index contributed by atoms with van der Waals surface area (Å²) in [6.07, 6.45) is 4.58. The first-order valence-electron chi connectivity index (χ1n) is 8.59. The number of rotatable bonds is 5. The summed E-state index contributed by atoms with van der Waals surface area (Å²) in [6.45, 7) is 1.20. The molecule has 1 saturated carbocycles. The van der Waals surface area contributed by atoms with E-state index in [-0.39, 0.29) is 6.10 Å². The molecule has 2 fully saturated rings. The van der Waals surface area contributed by atoms with Gasteiger partial charge < -0.3 is 20.1 Å². The Bertz CT molecular complexity index is 570. The fourth-order valence-corrected chi connectivity index (χ4v) is 3.23. The van der Waals surface area contributed by atoms with Crippen LogP contribution in [0.5, 0.6) is 0 Å². The molecule has 1 aliphatic carbocycles. The predicted octanol–water partition coefficient (Wildman–Crippen LogP) is 1.15. The summed E-state index contributed by atoms with van der Waals surface area (Å²) < 4.78 is 11.7. The molecule has 0 aromatic heterocycles. The summed E-state index contributed by atoms with van der Waals surface area (Å²) in [6, 6.07) is 9.82. The molecule has 1 heterocycles. The van der Waals surface area contributed by atoms with E-state index in [1.807, 2.05) is 30.3 Å². The van der Waals surface area contributed by atoms with Gasteiger partial charge in [0.15, 0.2) is 5.79 Å². The number of ether oxygens (including phenoxy) is 2. The monoisotopic (exact) mass is 332 g/mol. The van der Waals surface area contributed by atoms with Gasteiger partial charge in [-0.25, -0.2) is 0 Å². The lowest BCUT2D eigenvalue weighted by Crippen LogP contribution is -2.44. The van der Waals surface area contributed by atoms with Gasteiger partial charge in [0.05, 0.1) is 6.61 Å². The number of carbonyl (C=O) groups is 2. The summed E-state index contributed by atoms with van der Waals surface area (Å²) in [5.74, 6) is -1.67. The van der Waals surface area contributed by atoms with E-state index in [4.69, 9.17) is 9.47 Å². The van der Waals surface area contributed by atoms with Crippen LogP contribution in [0.15, 0.2) is 30.3 Å². The zero-order valence-corrected chi connectivity index (χ0v) is 13.8. The summed E-state index contributed by atoms with van der Waals surface area (Å²) in [5, 5.41) is 5.26. The molecule has 0 bridgehead atoms. The smallest absolute Gasteiger partial charge is 0.309 e. The maximum Gasteiger partial charge on any atom is 0.309 e. The number of benzene rings is 1. The molecule has 0 radical (unpaired) electrons. The molecule has 1 saturated heterocycles. The highest BCUT2D eigenvalue weighted by Crippen LogP contribution is 2.38. The number of hydrogen-bond acceptors (Lipinski definition) is 4. The molecule has 6 heteroatoms. The molecule has 1 aliphatic heterocycles. The van der Waals surface area contributed by atoms with Gasteiger partial charge in [0.25, 0.3) is 0 Å². The standard InChI is InChI=1S/C18H24N2O4/c21-16(19-11-8-14-6-2-1-3-7-14)17(22)20-12-15-13-23-18(24-15)9-4-5-10-18/h1-3,6-7,15H,4-5,8-13H2,(H,19,21)(H,20,22). The molecule has 1 spiro atoms. The first-order chi connectivity index (χ1) is 11.7. The van der Waals surface area contributed by atoms with Crippen molar-refractivity contribution in [3.05, 3.63) is 35.9 Å². The minimum Gasteiger partial charge on any atom is -0.348 e. The highest BCUT2D eigenvalue weighted by atomic mass is 16.7. The third kappa shape index (κ3) is 4.33. The lowest BCUT2D eigenvalue weighted by atomic mass is 10.1. The van der Waals surface area contributed by atoms with Gasteiger partial charge in [-0.05, 0) is 24.8 Å². The summed E-state index contributed by atoms with van der Waals surface area (Å²) in [7, 11) is 0. The van der Waals surface area contributed by atoms with Crippen molar-refractivity contribution in [1.29, 1.82) is 0 Å². The third-order valence-electron chi connectivity index (χ3n) is 4.52. The summed E-state index contributed by atoms with van der Waals surface area (Å²) in [4.78, 5) is 23.6. The Hall–Kier alpha value is -1.92. The van der Waals surface area contributed by atoms with Crippen LogP contribution in [-0.2, 0) is 25.5 Å². The maximum atomic E-state index is 11.8. The Morgan fingerprint density at radius 3 is 2.54 bits per heavy atom. The molecule has 2 N–H and O–H groups in total. The van der Waals surface area contributed by atoms with Crippen molar-refractivity contribution in [1.82, 2.24) is 10.6 Å². The van der Waals surface area contributed by atoms with Gasteiger partial charge in [0.2, 0.25) is 0 Å². The van der Waals surface area contributed by atoms with Crippen LogP contribution in [0.4, 0.5) is 0 Å². The second-order valence-electron chi connectivity index (χ2n) is 6.37. The van der Waals surface area contributed by atoms with E-state index in [2.05, 4.69) is 10.6 Å². The van der Waals surface area contributed by atoms with Gasteiger partial charge in [-0.2, -0.15) is 0 Å². The van der Waals surface area contributed by atoms with E-state index in [0.29, 0.717) is 26.1 Å². The van der Waals surface area contributed by atoms with E-state index < -0.39 is 17.6 Å². The van der Waals surface area contributed by atoms with Gasteiger partial charge in [-0.1, -0.05) is 30.3 Å². The Balaban J connectivity index is 1.33. The van der Waals surface area contributed by atoms with Crippen LogP contribution in [0.2, 0.25) is 0 Å². The molecule has 3 rings (SSSR count). The molecule has 2 aliphatic rings. The van der Waals surface area contributed by atoms with Crippen molar-refractivity contribution in [3.8, 4) is 0 Å². The summed E-state index contributed by atoms with van der Waals surface area (Å²) >= 11 is 0. The molecule has 6 nitrogen and oxygen atoms in total. The molecular formula is C18H24N2O4. The van der Waals surface area contributed by atoms with Crippen LogP contribution in [0.1, 0.15) is 31.2 Å². The van der Waals surface area contributed by atoms with Gasteiger partial charge in [-0.3, -0.25) is 9.59 Å². The minimum absolute atomic E-state index is 0.177.